The third kappa shape index (κ3) is 3.04. The lowest BCUT2D eigenvalue weighted by Crippen LogP contribution is -2.35. The van der Waals surface area contributed by atoms with E-state index in [4.69, 9.17) is 0 Å². The highest BCUT2D eigenvalue weighted by Crippen LogP contribution is 2.05. The Labute approximate surface area is 81.1 Å². The predicted octanol–water partition coefficient (Wildman–Crippen LogP) is -0.488. The molecule has 0 atom stereocenters. The van der Waals surface area contributed by atoms with Crippen molar-refractivity contribution < 1.29 is 28.6 Å². The number of ether oxygens (including phenoxy) is 3. The standard InChI is InChI=1S/C8H12O6/c1-4-14-8(11)5(6(9)12-2)7(10)13-3/h5H,4H2,1-3H3. The van der Waals surface area contributed by atoms with E-state index in [-0.39, 0.29) is 6.61 Å². The average Bonchev–Trinajstić information content (AvgIpc) is 2.17. The van der Waals surface area contributed by atoms with Gasteiger partial charge < -0.3 is 14.2 Å². The smallest absolute Gasteiger partial charge is 0.331 e. The van der Waals surface area contributed by atoms with E-state index in [0.29, 0.717) is 0 Å². The van der Waals surface area contributed by atoms with Gasteiger partial charge in [0.1, 0.15) is 0 Å². The molecule has 0 aliphatic heterocycles. The molecule has 0 rings (SSSR count). The SMILES string of the molecule is CCOC(=O)C(C(=O)OC)C(=O)OC. The van der Waals surface area contributed by atoms with Gasteiger partial charge in [-0.25, -0.2) is 0 Å². The van der Waals surface area contributed by atoms with E-state index in [9.17, 15) is 14.4 Å². The lowest BCUT2D eigenvalue weighted by molar-refractivity contribution is -0.169. The Hall–Kier alpha value is -1.59. The molecular formula is C8H12O6. The molecule has 0 unspecified atom stereocenters. The number of esters is 3. The first-order valence-corrected chi connectivity index (χ1v) is 3.90. The minimum Gasteiger partial charge on any atom is -0.468 e. The summed E-state index contributed by atoms with van der Waals surface area (Å²) in [5.74, 6) is -4.60. The van der Waals surface area contributed by atoms with Gasteiger partial charge in [-0.05, 0) is 6.92 Å². The summed E-state index contributed by atoms with van der Waals surface area (Å²) in [6.45, 7) is 1.63. The Morgan fingerprint density at radius 2 is 1.43 bits per heavy atom. The van der Waals surface area contributed by atoms with Gasteiger partial charge in [-0.3, -0.25) is 14.4 Å². The van der Waals surface area contributed by atoms with Crippen LogP contribution in [0.2, 0.25) is 0 Å². The third-order valence-electron chi connectivity index (χ3n) is 1.40. The average molecular weight is 204 g/mol. The molecule has 14 heavy (non-hydrogen) atoms. The molecule has 6 nitrogen and oxygen atoms in total. The van der Waals surface area contributed by atoms with Crippen LogP contribution in [0.4, 0.5) is 0 Å². The van der Waals surface area contributed by atoms with Crippen LogP contribution in [0.1, 0.15) is 6.92 Å². The fourth-order valence-electron chi connectivity index (χ4n) is 0.750. The number of methoxy groups -OCH3 is 2. The summed E-state index contributed by atoms with van der Waals surface area (Å²) in [6, 6.07) is 0. The molecule has 0 aromatic carbocycles. The van der Waals surface area contributed by atoms with Gasteiger partial charge in [-0.1, -0.05) is 0 Å². The van der Waals surface area contributed by atoms with Crippen molar-refractivity contribution in [3.8, 4) is 0 Å². The van der Waals surface area contributed by atoms with Crippen LogP contribution >= 0.6 is 0 Å². The molecule has 0 aliphatic carbocycles. The van der Waals surface area contributed by atoms with E-state index >= 15 is 0 Å². The molecule has 0 saturated carbocycles. The van der Waals surface area contributed by atoms with Crippen LogP contribution in [-0.4, -0.2) is 38.7 Å². The number of carbonyl (C=O) groups excluding carboxylic acids is 3. The summed E-state index contributed by atoms with van der Waals surface area (Å²) < 4.78 is 13.0. The zero-order chi connectivity index (χ0) is 11.1. The predicted molar refractivity (Wildman–Crippen MR) is 44.2 cm³/mol. The fraction of sp³-hybridized carbons (Fsp3) is 0.625. The van der Waals surface area contributed by atoms with Crippen LogP contribution in [0.5, 0.6) is 0 Å². The first kappa shape index (κ1) is 12.4. The van der Waals surface area contributed by atoms with Crippen LogP contribution in [-0.2, 0) is 28.6 Å². The van der Waals surface area contributed by atoms with Crippen molar-refractivity contribution in [1.29, 1.82) is 0 Å². The first-order chi connectivity index (χ1) is 6.58. The summed E-state index contributed by atoms with van der Waals surface area (Å²) in [7, 11) is 2.13. The van der Waals surface area contributed by atoms with Gasteiger partial charge >= 0.3 is 17.9 Å². The third-order valence-corrected chi connectivity index (χ3v) is 1.40. The van der Waals surface area contributed by atoms with Gasteiger partial charge in [0.15, 0.2) is 0 Å². The second-order valence-corrected chi connectivity index (χ2v) is 2.23. The van der Waals surface area contributed by atoms with E-state index in [1.807, 2.05) is 0 Å². The molecule has 0 saturated heterocycles. The topological polar surface area (TPSA) is 78.9 Å². The molecular weight excluding hydrogens is 192 g/mol. The van der Waals surface area contributed by atoms with E-state index in [1.165, 1.54) is 0 Å². The molecule has 0 spiro atoms. The number of carbonyl (C=O) groups is 3. The minimum absolute atomic E-state index is 0.0727. The maximum atomic E-state index is 11.1. The molecule has 0 aromatic heterocycles. The molecule has 0 aliphatic rings. The summed E-state index contributed by atoms with van der Waals surface area (Å²) in [5.41, 5.74) is 0. The number of rotatable bonds is 4. The van der Waals surface area contributed by atoms with Crippen LogP contribution in [0, 0.1) is 5.92 Å². The Morgan fingerprint density at radius 3 is 1.71 bits per heavy atom. The highest BCUT2D eigenvalue weighted by Gasteiger charge is 2.37. The quantitative estimate of drug-likeness (QED) is 0.349. The molecule has 0 radical (unpaired) electrons. The summed E-state index contributed by atoms with van der Waals surface area (Å²) >= 11 is 0. The van der Waals surface area contributed by atoms with E-state index in [1.54, 1.807) is 6.92 Å². The zero-order valence-corrected chi connectivity index (χ0v) is 8.23. The monoisotopic (exact) mass is 204 g/mol. The lowest BCUT2D eigenvalue weighted by atomic mass is 10.1. The second kappa shape index (κ2) is 5.95. The van der Waals surface area contributed by atoms with Crippen molar-refractivity contribution in [3.63, 3.8) is 0 Å². The zero-order valence-electron chi connectivity index (χ0n) is 8.23. The highest BCUT2D eigenvalue weighted by atomic mass is 16.6. The fourth-order valence-corrected chi connectivity index (χ4v) is 0.750. The minimum atomic E-state index is -1.65. The molecule has 0 N–H and O–H groups in total. The largest absolute Gasteiger partial charge is 0.468 e. The van der Waals surface area contributed by atoms with Crippen molar-refractivity contribution >= 4 is 17.9 Å². The maximum Gasteiger partial charge on any atom is 0.331 e. The van der Waals surface area contributed by atoms with Gasteiger partial charge in [0.25, 0.3) is 5.92 Å². The highest BCUT2D eigenvalue weighted by molar-refractivity contribution is 6.12. The van der Waals surface area contributed by atoms with E-state index in [0.717, 1.165) is 14.2 Å². The van der Waals surface area contributed by atoms with Crippen molar-refractivity contribution in [1.82, 2.24) is 0 Å². The molecule has 80 valence electrons. The summed E-state index contributed by atoms with van der Waals surface area (Å²) in [5, 5.41) is 0. The van der Waals surface area contributed by atoms with Gasteiger partial charge in [-0.2, -0.15) is 0 Å². The Kier molecular flexibility index (Phi) is 5.28. The molecule has 0 bridgehead atoms. The molecule has 0 heterocycles. The van der Waals surface area contributed by atoms with Crippen molar-refractivity contribution in [3.05, 3.63) is 0 Å². The van der Waals surface area contributed by atoms with Crippen molar-refractivity contribution in [2.75, 3.05) is 20.8 Å². The van der Waals surface area contributed by atoms with Crippen LogP contribution in [0.15, 0.2) is 0 Å². The Morgan fingerprint density at radius 1 is 1.00 bits per heavy atom. The van der Waals surface area contributed by atoms with Gasteiger partial charge in [-0.15, -0.1) is 0 Å². The lowest BCUT2D eigenvalue weighted by Gasteiger charge is -2.10. The summed E-state index contributed by atoms with van der Waals surface area (Å²) in [6.07, 6.45) is 0. The van der Waals surface area contributed by atoms with Gasteiger partial charge in [0, 0.05) is 0 Å². The van der Waals surface area contributed by atoms with Crippen LogP contribution in [0.25, 0.3) is 0 Å². The first-order valence-electron chi connectivity index (χ1n) is 3.90. The molecule has 6 heteroatoms. The van der Waals surface area contributed by atoms with E-state index in [2.05, 4.69) is 14.2 Å². The van der Waals surface area contributed by atoms with Crippen LogP contribution in [0.3, 0.4) is 0 Å². The normalized spacial score (nSPS) is 9.43. The van der Waals surface area contributed by atoms with Crippen molar-refractivity contribution in [2.24, 2.45) is 5.92 Å². The van der Waals surface area contributed by atoms with Crippen molar-refractivity contribution in [2.45, 2.75) is 6.92 Å². The number of hydrogen-bond acceptors (Lipinski definition) is 6. The van der Waals surface area contributed by atoms with Gasteiger partial charge in [0.2, 0.25) is 0 Å². The van der Waals surface area contributed by atoms with Crippen LogP contribution < -0.4 is 0 Å². The Balaban J connectivity index is 4.63. The maximum absolute atomic E-state index is 11.1. The molecule has 0 fully saturated rings. The molecule has 0 aromatic rings. The Bertz CT molecular complexity index is 218. The second-order valence-electron chi connectivity index (χ2n) is 2.23. The van der Waals surface area contributed by atoms with Gasteiger partial charge in [0.05, 0.1) is 20.8 Å². The van der Waals surface area contributed by atoms with E-state index < -0.39 is 23.8 Å². The molecule has 0 amide bonds. The number of hydrogen-bond donors (Lipinski definition) is 0. The summed E-state index contributed by atoms with van der Waals surface area (Å²) in [4.78, 5) is 33.1.